The smallest absolute Gasteiger partial charge is 0.0147 e. The predicted molar refractivity (Wildman–Crippen MR) is 167 cm³/mol. The normalized spacial score (nSPS) is 14.8. The molecule has 0 amide bonds. The lowest BCUT2D eigenvalue weighted by Gasteiger charge is -2.47. The summed E-state index contributed by atoms with van der Waals surface area (Å²) in [5, 5.41) is 8.05. The third-order valence-electron chi connectivity index (χ3n) is 7.05. The average molecular weight is 507 g/mol. The Morgan fingerprint density at radius 3 is 1.57 bits per heavy atom. The van der Waals surface area contributed by atoms with Crippen molar-refractivity contribution in [3.63, 3.8) is 0 Å². The second kappa shape index (κ2) is 12.3. The van der Waals surface area contributed by atoms with Crippen molar-refractivity contribution in [3.05, 3.63) is 85.0 Å². The number of nitrogens with one attached hydrogen (secondary N) is 2. The van der Waals surface area contributed by atoms with Gasteiger partial charge in [0.05, 0.1) is 0 Å². The van der Waals surface area contributed by atoms with Gasteiger partial charge in [-0.3, -0.25) is 0 Å². The van der Waals surface area contributed by atoms with Crippen LogP contribution in [0.4, 0.5) is 0 Å². The Balaban J connectivity index is 2.96. The summed E-state index contributed by atoms with van der Waals surface area (Å²) in [6, 6.07) is 10.9. The number of allylic oxidation sites excluding steroid dienone is 6. The molecule has 0 saturated heterocycles. The molecule has 0 fully saturated rings. The zero-order valence-corrected chi connectivity index (χ0v) is 26.3. The molecule has 0 saturated carbocycles. The second-order valence-electron chi connectivity index (χ2n) is 14.9. The molecule has 2 nitrogen and oxygen atoms in total. The first-order valence-electron chi connectivity index (χ1n) is 13.9. The fourth-order valence-electron chi connectivity index (χ4n) is 7.22. The Morgan fingerprint density at radius 2 is 1.11 bits per heavy atom. The molecule has 1 aromatic rings. The first kappa shape index (κ1) is 33.1. The van der Waals surface area contributed by atoms with E-state index in [1.54, 1.807) is 0 Å². The zero-order valence-electron chi connectivity index (χ0n) is 26.3. The summed E-state index contributed by atoms with van der Waals surface area (Å²) in [7, 11) is 0. The summed E-state index contributed by atoms with van der Waals surface area (Å²) in [5.74, 6) is 0. The molecule has 1 rings (SSSR count). The van der Waals surface area contributed by atoms with Gasteiger partial charge in [0.2, 0.25) is 0 Å². The van der Waals surface area contributed by atoms with E-state index < -0.39 is 0 Å². The zero-order chi connectivity index (χ0) is 28.8. The molecule has 0 heterocycles. The van der Waals surface area contributed by atoms with Crippen molar-refractivity contribution in [1.82, 2.24) is 10.6 Å². The Hall–Kier alpha value is -1.90. The summed E-state index contributed by atoms with van der Waals surface area (Å²) in [5.41, 5.74) is 2.56. The summed E-state index contributed by atoms with van der Waals surface area (Å²) < 4.78 is 0. The van der Waals surface area contributed by atoms with E-state index in [1.807, 2.05) is 18.2 Å². The minimum Gasteiger partial charge on any atom is -0.307 e. The minimum atomic E-state index is -0.0593. The number of rotatable bonds is 15. The molecule has 208 valence electrons. The highest BCUT2D eigenvalue weighted by atomic mass is 15.1. The summed E-state index contributed by atoms with van der Waals surface area (Å²) in [4.78, 5) is 0. The van der Waals surface area contributed by atoms with Crippen LogP contribution < -0.4 is 10.6 Å². The number of hydrogen-bond donors (Lipinski definition) is 2. The lowest BCUT2D eigenvalue weighted by molar-refractivity contribution is 0.141. The maximum Gasteiger partial charge on any atom is 0.0147 e. The van der Waals surface area contributed by atoms with Crippen LogP contribution in [0.2, 0.25) is 0 Å². The molecule has 0 aromatic heterocycles. The van der Waals surface area contributed by atoms with E-state index in [2.05, 4.69) is 149 Å². The summed E-state index contributed by atoms with van der Waals surface area (Å²) in [6.45, 7) is 35.8. The van der Waals surface area contributed by atoms with Crippen LogP contribution in [0.5, 0.6) is 0 Å². The molecule has 37 heavy (non-hydrogen) atoms. The van der Waals surface area contributed by atoms with Crippen molar-refractivity contribution in [2.24, 2.45) is 5.41 Å². The van der Waals surface area contributed by atoms with Crippen LogP contribution >= 0.6 is 0 Å². The van der Waals surface area contributed by atoms with Gasteiger partial charge >= 0.3 is 0 Å². The van der Waals surface area contributed by atoms with Gasteiger partial charge in [-0.2, -0.15) is 0 Å². The quantitative estimate of drug-likeness (QED) is 0.232. The Morgan fingerprint density at radius 1 is 0.649 bits per heavy atom. The third kappa shape index (κ3) is 11.6. The fraction of sp³-hybridized carbons (Fsp3) is 0.600. The van der Waals surface area contributed by atoms with Crippen LogP contribution in [-0.2, 0) is 5.41 Å². The topological polar surface area (TPSA) is 24.1 Å². The molecule has 0 unspecified atom stereocenters. The third-order valence-corrected chi connectivity index (χ3v) is 7.05. The predicted octanol–water partition coefficient (Wildman–Crippen LogP) is 9.31. The van der Waals surface area contributed by atoms with Crippen molar-refractivity contribution >= 4 is 0 Å². The van der Waals surface area contributed by atoms with E-state index in [4.69, 9.17) is 0 Å². The highest BCUT2D eigenvalue weighted by Gasteiger charge is 2.39. The summed E-state index contributed by atoms with van der Waals surface area (Å²) in [6.07, 6.45) is 13.0. The molecule has 0 aliphatic rings. The van der Waals surface area contributed by atoms with Gasteiger partial charge in [-0.25, -0.2) is 0 Å². The van der Waals surface area contributed by atoms with E-state index in [1.165, 1.54) is 11.1 Å². The molecule has 0 radical (unpaired) electrons. The van der Waals surface area contributed by atoms with Crippen LogP contribution in [0, 0.1) is 5.41 Å². The lowest BCUT2D eigenvalue weighted by Crippen LogP contribution is -2.61. The molecule has 0 aliphatic carbocycles. The van der Waals surface area contributed by atoms with Gasteiger partial charge in [0.25, 0.3) is 0 Å². The minimum absolute atomic E-state index is 0.0148. The highest BCUT2D eigenvalue weighted by molar-refractivity contribution is 5.31. The fourth-order valence-corrected chi connectivity index (χ4v) is 7.22. The van der Waals surface area contributed by atoms with Crippen molar-refractivity contribution in [2.45, 2.75) is 130 Å². The van der Waals surface area contributed by atoms with Crippen LogP contribution in [-0.4, -0.2) is 22.2 Å². The average Bonchev–Trinajstić information content (AvgIpc) is 2.67. The van der Waals surface area contributed by atoms with Gasteiger partial charge < -0.3 is 10.6 Å². The second-order valence-corrected chi connectivity index (χ2v) is 14.9. The summed E-state index contributed by atoms with van der Waals surface area (Å²) >= 11 is 0. The van der Waals surface area contributed by atoms with Gasteiger partial charge in [-0.15, -0.1) is 0 Å². The van der Waals surface area contributed by atoms with E-state index >= 15 is 0 Å². The number of hydrogen-bond acceptors (Lipinski definition) is 2. The molecular formula is C35H58N2. The van der Waals surface area contributed by atoms with Crippen molar-refractivity contribution < 1.29 is 0 Å². The first-order valence-corrected chi connectivity index (χ1v) is 13.9. The maximum atomic E-state index is 4.03. The standard InChI is InChI=1S/C35H58N2/c1-15-17-22-28(21-16-2)30(3,4)25-32(7,8)36-34(11,12)27-35(13,14)37-33(9,10)26-31(5,6)29-23-19-18-20-24-29/h15-24,36-37H,1-2,25-27H2,3-14H3/b22-17-,28-21+. The van der Waals surface area contributed by atoms with Gasteiger partial charge in [0.1, 0.15) is 0 Å². The largest absolute Gasteiger partial charge is 0.307 e. The van der Waals surface area contributed by atoms with Crippen molar-refractivity contribution in [1.29, 1.82) is 0 Å². The van der Waals surface area contributed by atoms with Gasteiger partial charge in [-0.1, -0.05) is 102 Å². The molecule has 2 N–H and O–H groups in total. The molecule has 0 atom stereocenters. The van der Waals surface area contributed by atoms with Gasteiger partial charge in [-0.05, 0) is 96.6 Å². The van der Waals surface area contributed by atoms with Crippen LogP contribution in [0.25, 0.3) is 0 Å². The molecule has 0 aliphatic heterocycles. The molecular weight excluding hydrogens is 448 g/mol. The van der Waals surface area contributed by atoms with Crippen LogP contribution in [0.3, 0.4) is 0 Å². The molecule has 0 spiro atoms. The van der Waals surface area contributed by atoms with Crippen molar-refractivity contribution in [3.8, 4) is 0 Å². The Kier molecular flexibility index (Phi) is 11.0. The lowest BCUT2D eigenvalue weighted by atomic mass is 9.72. The Labute approximate surface area is 230 Å². The van der Waals surface area contributed by atoms with Gasteiger partial charge in [0.15, 0.2) is 0 Å². The Bertz CT molecular complexity index is 937. The van der Waals surface area contributed by atoms with Crippen LogP contribution in [0.1, 0.15) is 108 Å². The van der Waals surface area contributed by atoms with Crippen LogP contribution in [0.15, 0.2) is 79.4 Å². The van der Waals surface area contributed by atoms with E-state index in [0.717, 1.165) is 19.3 Å². The van der Waals surface area contributed by atoms with E-state index in [9.17, 15) is 0 Å². The molecule has 1 aromatic carbocycles. The monoisotopic (exact) mass is 506 g/mol. The van der Waals surface area contributed by atoms with E-state index in [0.29, 0.717) is 0 Å². The SMILES string of the molecule is C=C/C=C\C(=C/C=C)C(C)(C)CC(C)(C)NC(C)(C)CC(C)(C)NC(C)(C)CC(C)(C)c1ccccc1. The highest BCUT2D eigenvalue weighted by Crippen LogP contribution is 2.38. The van der Waals surface area contributed by atoms with Gasteiger partial charge in [0, 0.05) is 22.2 Å². The number of benzene rings is 1. The first-order chi connectivity index (χ1) is 16.7. The van der Waals surface area contributed by atoms with Crippen molar-refractivity contribution in [2.75, 3.05) is 0 Å². The molecule has 2 heteroatoms. The maximum absolute atomic E-state index is 4.03. The molecule has 0 bridgehead atoms. The van der Waals surface area contributed by atoms with E-state index in [-0.39, 0.29) is 33.0 Å².